The summed E-state index contributed by atoms with van der Waals surface area (Å²) in [6, 6.07) is 14.8. The van der Waals surface area contributed by atoms with Gasteiger partial charge in [0.05, 0.1) is 11.5 Å². The van der Waals surface area contributed by atoms with Crippen LogP contribution in [0.15, 0.2) is 71.6 Å². The van der Waals surface area contributed by atoms with Crippen LogP contribution in [-0.4, -0.2) is 38.7 Å². The molecule has 0 spiro atoms. The molecule has 0 aliphatic rings. The van der Waals surface area contributed by atoms with Gasteiger partial charge in [-0.15, -0.1) is 13.2 Å². The third-order valence-corrected chi connectivity index (χ3v) is 6.74. The molecule has 11 heteroatoms. The van der Waals surface area contributed by atoms with Gasteiger partial charge in [0, 0.05) is 22.4 Å². The molecule has 3 rings (SSSR count). The molecule has 0 aliphatic heterocycles. The van der Waals surface area contributed by atoms with Crippen molar-refractivity contribution in [1.29, 1.82) is 0 Å². The minimum absolute atomic E-state index is 0.00205. The van der Waals surface area contributed by atoms with E-state index in [1.54, 1.807) is 0 Å². The van der Waals surface area contributed by atoms with Gasteiger partial charge in [0.25, 0.3) is 0 Å². The molecule has 34 heavy (non-hydrogen) atoms. The minimum Gasteiger partial charge on any atom is -0.405 e. The van der Waals surface area contributed by atoms with Gasteiger partial charge in [0.2, 0.25) is 5.91 Å². The van der Waals surface area contributed by atoms with E-state index in [9.17, 15) is 31.5 Å². The summed E-state index contributed by atoms with van der Waals surface area (Å²) in [5, 5.41) is 10.2. The lowest BCUT2D eigenvalue weighted by Gasteiger charge is -2.30. The molecule has 0 heterocycles. The van der Waals surface area contributed by atoms with E-state index >= 15 is 0 Å². The number of alkyl halides is 3. The number of amides is 1. The number of benzene rings is 3. The molecule has 3 aromatic rings. The second-order valence-corrected chi connectivity index (χ2v) is 9.89. The average Bonchev–Trinajstić information content (AvgIpc) is 2.74. The van der Waals surface area contributed by atoms with Gasteiger partial charge in [-0.1, -0.05) is 54.1 Å². The lowest BCUT2D eigenvalue weighted by molar-refractivity contribution is -0.274. The van der Waals surface area contributed by atoms with E-state index in [1.807, 2.05) is 0 Å². The SMILES string of the molecule is CS(=O)(=O)c1ccc(C(CO)(C(N)=O)c2ccc(-c3ccccc3OC(F)(F)F)c(Cl)c2)cc1. The first-order chi connectivity index (χ1) is 15.8. The number of primary amides is 1. The predicted octanol–water partition coefficient (Wildman–Crippen LogP) is 4.07. The Balaban J connectivity index is 2.14. The molecule has 0 radical (unpaired) electrons. The Morgan fingerprint density at radius 3 is 2.09 bits per heavy atom. The number of para-hydroxylation sites is 1. The van der Waals surface area contributed by atoms with Crippen LogP contribution >= 0.6 is 11.6 Å². The molecule has 3 aromatic carbocycles. The van der Waals surface area contributed by atoms with E-state index in [1.165, 1.54) is 60.7 Å². The highest BCUT2D eigenvalue weighted by molar-refractivity contribution is 7.90. The van der Waals surface area contributed by atoms with Crippen molar-refractivity contribution in [2.75, 3.05) is 12.9 Å². The minimum atomic E-state index is -4.92. The van der Waals surface area contributed by atoms with E-state index in [4.69, 9.17) is 17.3 Å². The van der Waals surface area contributed by atoms with Crippen LogP contribution < -0.4 is 10.5 Å². The highest BCUT2D eigenvalue weighted by atomic mass is 35.5. The Hall–Kier alpha value is -3.08. The van der Waals surface area contributed by atoms with Crippen molar-refractivity contribution in [3.05, 3.63) is 82.9 Å². The number of nitrogens with two attached hydrogens (primary N) is 1. The van der Waals surface area contributed by atoms with Gasteiger partial charge in [0.15, 0.2) is 9.84 Å². The summed E-state index contributed by atoms with van der Waals surface area (Å²) in [6.07, 6.45) is -3.90. The molecule has 180 valence electrons. The quantitative estimate of drug-likeness (QED) is 0.495. The van der Waals surface area contributed by atoms with Crippen molar-refractivity contribution in [2.24, 2.45) is 5.73 Å². The number of hydrogen-bond acceptors (Lipinski definition) is 5. The van der Waals surface area contributed by atoms with Crippen molar-refractivity contribution < 1.29 is 36.2 Å². The van der Waals surface area contributed by atoms with Crippen LogP contribution in [0.2, 0.25) is 5.02 Å². The zero-order valence-electron chi connectivity index (χ0n) is 17.6. The summed E-state index contributed by atoms with van der Waals surface area (Å²) in [4.78, 5) is 12.6. The Bertz CT molecular complexity index is 1330. The smallest absolute Gasteiger partial charge is 0.405 e. The number of hydrogen-bond donors (Lipinski definition) is 2. The fourth-order valence-corrected chi connectivity index (χ4v) is 4.51. The van der Waals surface area contributed by atoms with Gasteiger partial charge in [-0.25, -0.2) is 8.42 Å². The van der Waals surface area contributed by atoms with Crippen molar-refractivity contribution >= 4 is 27.3 Å². The van der Waals surface area contributed by atoms with Crippen LogP contribution in [-0.2, 0) is 20.0 Å². The molecule has 0 saturated heterocycles. The second kappa shape index (κ2) is 9.28. The zero-order valence-corrected chi connectivity index (χ0v) is 19.2. The largest absolute Gasteiger partial charge is 0.573 e. The third-order valence-electron chi connectivity index (χ3n) is 5.30. The Morgan fingerprint density at radius 2 is 1.59 bits per heavy atom. The van der Waals surface area contributed by atoms with Crippen LogP contribution in [0.5, 0.6) is 5.75 Å². The predicted molar refractivity (Wildman–Crippen MR) is 120 cm³/mol. The zero-order chi connectivity index (χ0) is 25.3. The van der Waals surface area contributed by atoms with Gasteiger partial charge in [-0.05, 0) is 35.4 Å². The Labute approximate surface area is 198 Å². The highest BCUT2D eigenvalue weighted by Crippen LogP contribution is 2.40. The van der Waals surface area contributed by atoms with E-state index in [0.29, 0.717) is 0 Å². The van der Waals surface area contributed by atoms with Crippen molar-refractivity contribution in [1.82, 2.24) is 0 Å². The molecule has 0 saturated carbocycles. The molecule has 1 amide bonds. The number of ether oxygens (including phenoxy) is 1. The number of carbonyl (C=O) groups excluding carboxylic acids is 1. The fraction of sp³-hybridized carbons (Fsp3) is 0.174. The normalized spacial score (nSPS) is 13.8. The van der Waals surface area contributed by atoms with Gasteiger partial charge in [-0.3, -0.25) is 4.79 Å². The average molecular weight is 514 g/mol. The number of sulfone groups is 1. The number of halogens is 4. The maximum atomic E-state index is 12.8. The molecule has 0 aromatic heterocycles. The highest BCUT2D eigenvalue weighted by Gasteiger charge is 2.41. The summed E-state index contributed by atoms with van der Waals surface area (Å²) in [5.74, 6) is -1.41. The molecular formula is C23H19ClF3NO5S. The van der Waals surface area contributed by atoms with Gasteiger partial charge < -0.3 is 15.6 Å². The molecule has 1 atom stereocenters. The van der Waals surface area contributed by atoms with E-state index in [-0.39, 0.29) is 32.2 Å². The van der Waals surface area contributed by atoms with Crippen LogP contribution in [0.3, 0.4) is 0 Å². The van der Waals surface area contributed by atoms with Crippen LogP contribution in [0.1, 0.15) is 11.1 Å². The van der Waals surface area contributed by atoms with E-state index < -0.39 is 39.9 Å². The van der Waals surface area contributed by atoms with Gasteiger partial charge in [0.1, 0.15) is 11.2 Å². The summed E-state index contributed by atoms with van der Waals surface area (Å²) in [7, 11) is -3.51. The molecule has 0 bridgehead atoms. The molecular weight excluding hydrogens is 495 g/mol. The van der Waals surface area contributed by atoms with Crippen LogP contribution in [0, 0.1) is 0 Å². The van der Waals surface area contributed by atoms with Crippen molar-refractivity contribution in [3.63, 3.8) is 0 Å². The Kier molecular flexibility index (Phi) is 6.97. The second-order valence-electron chi connectivity index (χ2n) is 7.46. The lowest BCUT2D eigenvalue weighted by atomic mass is 9.74. The van der Waals surface area contributed by atoms with Crippen molar-refractivity contribution in [2.45, 2.75) is 16.7 Å². The summed E-state index contributed by atoms with van der Waals surface area (Å²) < 4.78 is 66.0. The first-order valence-corrected chi connectivity index (χ1v) is 11.9. The lowest BCUT2D eigenvalue weighted by Crippen LogP contribution is -2.45. The first-order valence-electron chi connectivity index (χ1n) is 9.66. The summed E-state index contributed by atoms with van der Waals surface area (Å²) >= 11 is 6.40. The number of carbonyl (C=O) groups is 1. The molecule has 1 unspecified atom stereocenters. The number of aliphatic hydroxyl groups excluding tert-OH is 1. The maximum absolute atomic E-state index is 12.8. The van der Waals surface area contributed by atoms with E-state index in [0.717, 1.165) is 12.3 Å². The molecule has 0 aliphatic carbocycles. The first kappa shape index (κ1) is 25.5. The summed E-state index contributed by atoms with van der Waals surface area (Å²) in [5.41, 5.74) is 4.49. The van der Waals surface area contributed by atoms with Crippen LogP contribution in [0.25, 0.3) is 11.1 Å². The topological polar surface area (TPSA) is 107 Å². The molecule has 6 nitrogen and oxygen atoms in total. The monoisotopic (exact) mass is 513 g/mol. The van der Waals surface area contributed by atoms with E-state index in [2.05, 4.69) is 4.74 Å². The van der Waals surface area contributed by atoms with Gasteiger partial charge in [-0.2, -0.15) is 0 Å². The number of aliphatic hydroxyl groups is 1. The fourth-order valence-electron chi connectivity index (χ4n) is 3.60. The standard InChI is InChI=1S/C23H19ClF3NO5S/c1-34(31,32)16-9-6-14(7-10-16)22(13-29,21(28)30)15-8-11-17(19(24)12-15)18-4-2-3-5-20(18)33-23(25,26)27/h2-12,29H,13H2,1H3,(H2,28,30). The third kappa shape index (κ3) is 5.03. The molecule has 3 N–H and O–H groups in total. The summed E-state index contributed by atoms with van der Waals surface area (Å²) in [6.45, 7) is -0.774. The maximum Gasteiger partial charge on any atom is 0.573 e. The van der Waals surface area contributed by atoms with Crippen molar-refractivity contribution in [3.8, 4) is 16.9 Å². The van der Waals surface area contributed by atoms with Gasteiger partial charge >= 0.3 is 6.36 Å². The number of rotatable bonds is 7. The Morgan fingerprint density at radius 1 is 1.00 bits per heavy atom. The van der Waals surface area contributed by atoms with Crippen LogP contribution in [0.4, 0.5) is 13.2 Å². The molecule has 0 fully saturated rings.